The molecule has 0 aromatic heterocycles. The van der Waals surface area contributed by atoms with Gasteiger partial charge in [-0.1, -0.05) is 32.0 Å². The van der Waals surface area contributed by atoms with E-state index in [1.165, 1.54) is 0 Å². The number of carbonyl (C=O) groups excluding carboxylic acids is 2. The average molecular weight is 391 g/mol. The first-order chi connectivity index (χ1) is 14.0. The minimum atomic E-state index is -1.27. The van der Waals surface area contributed by atoms with Crippen LogP contribution in [0.15, 0.2) is 42.5 Å². The summed E-state index contributed by atoms with van der Waals surface area (Å²) in [5.74, 6) is -0.0618. The molecule has 1 fully saturated rings. The average Bonchev–Trinajstić information content (AvgIpc) is 3.32. The monoisotopic (exact) mass is 391 g/mol. The number of hydrogen-bond donors (Lipinski definition) is 2. The molecule has 2 N–H and O–H groups in total. The predicted octanol–water partition coefficient (Wildman–Crippen LogP) is 3.66. The number of nitrogens with zero attached hydrogens (tertiary/aromatic N) is 1. The Morgan fingerprint density at radius 1 is 1.17 bits per heavy atom. The number of benzene rings is 2. The Hall–Kier alpha value is -2.86. The van der Waals surface area contributed by atoms with Crippen molar-refractivity contribution in [2.45, 2.75) is 44.4 Å². The van der Waals surface area contributed by atoms with E-state index in [2.05, 4.69) is 30.5 Å². The fraction of sp³-hybridized carbons (Fsp3) is 0.391. The molecule has 3 aliphatic heterocycles. The largest absolute Gasteiger partial charge is 0.376 e. The van der Waals surface area contributed by atoms with Crippen LogP contribution in [0.4, 0.5) is 11.4 Å². The highest BCUT2D eigenvalue weighted by molar-refractivity contribution is 6.14. The molecule has 1 saturated heterocycles. The SMILES string of the molecule is CC(C)c1ccc2c(c1)[C@]1(Nc3ccccc3C(=O)N1C[C@H]1CCCO1)C(=O)N2. The third kappa shape index (κ3) is 2.66. The third-order valence-electron chi connectivity index (χ3n) is 6.21. The summed E-state index contributed by atoms with van der Waals surface area (Å²) in [5, 5.41) is 6.43. The second-order valence-electron chi connectivity index (χ2n) is 8.35. The zero-order chi connectivity index (χ0) is 20.2. The second kappa shape index (κ2) is 6.59. The maximum atomic E-state index is 13.6. The fourth-order valence-electron chi connectivity index (χ4n) is 4.61. The minimum Gasteiger partial charge on any atom is -0.376 e. The van der Waals surface area contributed by atoms with Crippen molar-refractivity contribution >= 4 is 23.2 Å². The van der Waals surface area contributed by atoms with Gasteiger partial charge in [0.1, 0.15) is 0 Å². The quantitative estimate of drug-likeness (QED) is 0.838. The molecule has 0 saturated carbocycles. The molecule has 2 aromatic rings. The first kappa shape index (κ1) is 18.2. The highest BCUT2D eigenvalue weighted by Gasteiger charge is 2.57. The van der Waals surface area contributed by atoms with E-state index in [9.17, 15) is 9.59 Å². The van der Waals surface area contributed by atoms with Crippen LogP contribution in [0.3, 0.4) is 0 Å². The highest BCUT2D eigenvalue weighted by Crippen LogP contribution is 2.46. The van der Waals surface area contributed by atoms with Crippen LogP contribution in [-0.4, -0.2) is 36.0 Å². The number of anilines is 2. The van der Waals surface area contributed by atoms with Gasteiger partial charge >= 0.3 is 0 Å². The number of nitrogens with one attached hydrogen (secondary N) is 2. The Kier molecular flexibility index (Phi) is 4.13. The van der Waals surface area contributed by atoms with Crippen LogP contribution < -0.4 is 10.6 Å². The third-order valence-corrected chi connectivity index (χ3v) is 6.21. The van der Waals surface area contributed by atoms with Crippen LogP contribution in [-0.2, 0) is 15.2 Å². The van der Waals surface area contributed by atoms with Crippen molar-refractivity contribution in [3.8, 4) is 0 Å². The van der Waals surface area contributed by atoms with E-state index in [-0.39, 0.29) is 17.9 Å². The molecule has 5 rings (SSSR count). The van der Waals surface area contributed by atoms with Crippen molar-refractivity contribution in [3.63, 3.8) is 0 Å². The molecule has 3 aliphatic rings. The Bertz CT molecular complexity index is 997. The lowest BCUT2D eigenvalue weighted by Gasteiger charge is -2.45. The number of ether oxygens (including phenoxy) is 1. The lowest BCUT2D eigenvalue weighted by atomic mass is 9.89. The Balaban J connectivity index is 1.69. The standard InChI is InChI=1S/C23H25N3O3/c1-14(2)15-9-10-20-18(12-15)23(22(28)24-20)25-19-8-4-3-7-17(19)21(27)26(23)13-16-6-5-11-29-16/h3-4,7-10,12,14,16,25H,5-6,11,13H2,1-2H3,(H,24,28)/t16-,23-/m1/s1. The summed E-state index contributed by atoms with van der Waals surface area (Å²) in [6.07, 6.45) is 1.81. The van der Waals surface area contributed by atoms with Crippen LogP contribution in [0, 0.1) is 0 Å². The molecule has 0 unspecified atom stereocenters. The van der Waals surface area contributed by atoms with Gasteiger partial charge in [-0.3, -0.25) is 9.59 Å². The molecule has 29 heavy (non-hydrogen) atoms. The summed E-state index contributed by atoms with van der Waals surface area (Å²) >= 11 is 0. The first-order valence-electron chi connectivity index (χ1n) is 10.3. The van der Waals surface area contributed by atoms with Crippen molar-refractivity contribution in [3.05, 3.63) is 59.2 Å². The molecular weight excluding hydrogens is 366 g/mol. The van der Waals surface area contributed by atoms with Gasteiger partial charge in [0, 0.05) is 23.5 Å². The van der Waals surface area contributed by atoms with Gasteiger partial charge in [0.2, 0.25) is 5.66 Å². The van der Waals surface area contributed by atoms with E-state index in [1.54, 1.807) is 11.0 Å². The maximum absolute atomic E-state index is 13.6. The van der Waals surface area contributed by atoms with Crippen LogP contribution in [0.25, 0.3) is 0 Å². The number of fused-ring (bicyclic) bond motifs is 3. The molecule has 3 heterocycles. The summed E-state index contributed by atoms with van der Waals surface area (Å²) in [6, 6.07) is 13.4. The van der Waals surface area contributed by atoms with E-state index >= 15 is 0 Å². The maximum Gasteiger partial charge on any atom is 0.276 e. The normalized spacial score (nSPS) is 25.2. The Labute approximate surface area is 170 Å². The fourth-order valence-corrected chi connectivity index (χ4v) is 4.61. The molecule has 0 bridgehead atoms. The second-order valence-corrected chi connectivity index (χ2v) is 8.35. The van der Waals surface area contributed by atoms with Crippen LogP contribution in [0.2, 0.25) is 0 Å². The Morgan fingerprint density at radius 2 is 2.00 bits per heavy atom. The summed E-state index contributed by atoms with van der Waals surface area (Å²) < 4.78 is 5.83. The van der Waals surface area contributed by atoms with Crippen molar-refractivity contribution in [1.82, 2.24) is 4.90 Å². The molecular formula is C23H25N3O3. The summed E-state index contributed by atoms with van der Waals surface area (Å²) in [5.41, 5.74) is 2.67. The van der Waals surface area contributed by atoms with Gasteiger partial charge in [-0.05, 0) is 48.6 Å². The van der Waals surface area contributed by atoms with Crippen molar-refractivity contribution in [2.75, 3.05) is 23.8 Å². The zero-order valence-corrected chi connectivity index (χ0v) is 16.7. The number of rotatable bonds is 3. The van der Waals surface area contributed by atoms with E-state index in [1.807, 2.05) is 30.3 Å². The van der Waals surface area contributed by atoms with Crippen molar-refractivity contribution < 1.29 is 14.3 Å². The number of amides is 2. The van der Waals surface area contributed by atoms with Gasteiger partial charge in [0.05, 0.1) is 18.2 Å². The van der Waals surface area contributed by atoms with Gasteiger partial charge in [0.15, 0.2) is 0 Å². The number of para-hydroxylation sites is 1. The molecule has 0 aliphatic carbocycles. The van der Waals surface area contributed by atoms with E-state index in [4.69, 9.17) is 4.74 Å². The zero-order valence-electron chi connectivity index (χ0n) is 16.7. The summed E-state index contributed by atoms with van der Waals surface area (Å²) in [6.45, 7) is 5.32. The smallest absolute Gasteiger partial charge is 0.276 e. The highest BCUT2D eigenvalue weighted by atomic mass is 16.5. The van der Waals surface area contributed by atoms with Crippen molar-refractivity contribution in [1.29, 1.82) is 0 Å². The lowest BCUT2D eigenvalue weighted by molar-refractivity contribution is -0.125. The molecule has 150 valence electrons. The van der Waals surface area contributed by atoms with Gasteiger partial charge in [-0.25, -0.2) is 0 Å². The van der Waals surface area contributed by atoms with Gasteiger partial charge in [-0.15, -0.1) is 0 Å². The van der Waals surface area contributed by atoms with E-state index in [0.717, 1.165) is 29.7 Å². The Morgan fingerprint density at radius 3 is 2.76 bits per heavy atom. The van der Waals surface area contributed by atoms with Gasteiger partial charge < -0.3 is 20.3 Å². The van der Waals surface area contributed by atoms with Gasteiger partial charge in [0.25, 0.3) is 11.8 Å². The van der Waals surface area contributed by atoms with Crippen molar-refractivity contribution in [2.24, 2.45) is 0 Å². The molecule has 6 nitrogen and oxygen atoms in total. The molecule has 1 spiro atoms. The van der Waals surface area contributed by atoms with E-state index in [0.29, 0.717) is 30.3 Å². The number of hydrogen-bond acceptors (Lipinski definition) is 4. The van der Waals surface area contributed by atoms with Gasteiger partial charge in [-0.2, -0.15) is 0 Å². The van der Waals surface area contributed by atoms with Crippen LogP contribution in [0.5, 0.6) is 0 Å². The minimum absolute atomic E-state index is 0.0620. The van der Waals surface area contributed by atoms with Crippen LogP contribution >= 0.6 is 0 Å². The lowest BCUT2D eigenvalue weighted by Crippen LogP contribution is -2.62. The topological polar surface area (TPSA) is 70.7 Å². The van der Waals surface area contributed by atoms with Crippen LogP contribution in [0.1, 0.15) is 54.1 Å². The number of carbonyl (C=O) groups is 2. The molecule has 0 radical (unpaired) electrons. The molecule has 2 aromatic carbocycles. The summed E-state index contributed by atoms with van der Waals surface area (Å²) in [7, 11) is 0. The summed E-state index contributed by atoms with van der Waals surface area (Å²) in [4.78, 5) is 28.7. The molecule has 2 atom stereocenters. The van der Waals surface area contributed by atoms with E-state index < -0.39 is 5.66 Å². The first-order valence-corrected chi connectivity index (χ1v) is 10.3. The molecule has 6 heteroatoms. The molecule has 2 amide bonds. The predicted molar refractivity (Wildman–Crippen MR) is 111 cm³/mol.